The Hall–Kier alpha value is -4.23. The number of esters is 1. The summed E-state index contributed by atoms with van der Waals surface area (Å²) in [7, 11) is 3.43. The summed E-state index contributed by atoms with van der Waals surface area (Å²) in [5.41, 5.74) is 7.10. The SMILES string of the molecule is CCOC(=O)c1ccc(CCCC2c3ccc(OC)c(OC)c3CN3CCc4cc5c(cc4C23)OCO5)c2ccccc12. The van der Waals surface area contributed by atoms with Crippen LogP contribution < -0.4 is 18.9 Å². The molecule has 4 aromatic rings. The van der Waals surface area contributed by atoms with E-state index in [9.17, 15) is 4.79 Å². The highest BCUT2D eigenvalue weighted by Gasteiger charge is 2.41. The first-order valence-corrected chi connectivity index (χ1v) is 15.2. The van der Waals surface area contributed by atoms with Crippen LogP contribution in [0.15, 0.2) is 60.7 Å². The molecule has 7 nitrogen and oxygen atoms in total. The molecule has 0 amide bonds. The normalized spacial score (nSPS) is 18.5. The van der Waals surface area contributed by atoms with E-state index in [0.29, 0.717) is 12.2 Å². The van der Waals surface area contributed by atoms with Crippen LogP contribution >= 0.6 is 0 Å². The summed E-state index contributed by atoms with van der Waals surface area (Å²) in [4.78, 5) is 15.2. The predicted molar refractivity (Wildman–Crippen MR) is 165 cm³/mol. The Morgan fingerprint density at radius 3 is 2.56 bits per heavy atom. The molecule has 0 saturated heterocycles. The molecule has 3 aliphatic heterocycles. The van der Waals surface area contributed by atoms with Crippen LogP contribution in [0.3, 0.4) is 0 Å². The van der Waals surface area contributed by atoms with E-state index in [-0.39, 0.29) is 24.7 Å². The fourth-order valence-electron chi connectivity index (χ4n) is 7.42. The van der Waals surface area contributed by atoms with E-state index < -0.39 is 0 Å². The minimum Gasteiger partial charge on any atom is -0.493 e. The second-order valence-electron chi connectivity index (χ2n) is 11.5. The molecule has 0 fully saturated rings. The van der Waals surface area contributed by atoms with Crippen LogP contribution in [-0.4, -0.2) is 45.0 Å². The summed E-state index contributed by atoms with van der Waals surface area (Å²) in [5, 5.41) is 2.06. The van der Waals surface area contributed by atoms with Gasteiger partial charge < -0.3 is 23.7 Å². The number of hydrogen-bond donors (Lipinski definition) is 0. The lowest BCUT2D eigenvalue weighted by Gasteiger charge is -2.46. The van der Waals surface area contributed by atoms with Crippen LogP contribution in [0.2, 0.25) is 0 Å². The fourth-order valence-corrected chi connectivity index (χ4v) is 7.42. The Labute approximate surface area is 252 Å². The Kier molecular flexibility index (Phi) is 7.35. The summed E-state index contributed by atoms with van der Waals surface area (Å²) in [5.74, 6) is 3.28. The Morgan fingerprint density at radius 2 is 1.77 bits per heavy atom. The van der Waals surface area contributed by atoms with Gasteiger partial charge in [0, 0.05) is 30.6 Å². The summed E-state index contributed by atoms with van der Waals surface area (Å²) in [6.45, 7) is 4.25. The Morgan fingerprint density at radius 1 is 0.953 bits per heavy atom. The van der Waals surface area contributed by atoms with E-state index in [1.165, 1.54) is 27.8 Å². The van der Waals surface area contributed by atoms with Gasteiger partial charge in [-0.3, -0.25) is 4.90 Å². The van der Waals surface area contributed by atoms with E-state index in [1.807, 2.05) is 37.3 Å². The van der Waals surface area contributed by atoms with Gasteiger partial charge in [-0.25, -0.2) is 4.79 Å². The molecular formula is C36H37NO6. The van der Waals surface area contributed by atoms with E-state index in [2.05, 4.69) is 35.2 Å². The van der Waals surface area contributed by atoms with Gasteiger partial charge in [-0.1, -0.05) is 36.4 Å². The van der Waals surface area contributed by atoms with E-state index in [1.54, 1.807) is 14.2 Å². The van der Waals surface area contributed by atoms with Crippen LogP contribution in [0, 0.1) is 0 Å². The summed E-state index contributed by atoms with van der Waals surface area (Å²) < 4.78 is 28.5. The third-order valence-electron chi connectivity index (χ3n) is 9.31. The molecule has 7 rings (SSSR count). The molecule has 2 atom stereocenters. The molecule has 2 unspecified atom stereocenters. The Bertz CT molecular complexity index is 1700. The maximum atomic E-state index is 12.6. The summed E-state index contributed by atoms with van der Waals surface area (Å²) in [6, 6.07) is 21.1. The van der Waals surface area contributed by atoms with Gasteiger partial charge in [0.2, 0.25) is 6.79 Å². The molecular weight excluding hydrogens is 542 g/mol. The maximum Gasteiger partial charge on any atom is 0.338 e. The quantitative estimate of drug-likeness (QED) is 0.209. The van der Waals surface area contributed by atoms with Crippen molar-refractivity contribution in [2.45, 2.75) is 51.1 Å². The van der Waals surface area contributed by atoms with Gasteiger partial charge in [0.15, 0.2) is 23.0 Å². The highest BCUT2D eigenvalue weighted by Crippen LogP contribution is 2.53. The molecule has 4 aromatic carbocycles. The summed E-state index contributed by atoms with van der Waals surface area (Å²) in [6.07, 6.45) is 3.86. The number of fused-ring (bicyclic) bond motifs is 6. The van der Waals surface area contributed by atoms with Crippen LogP contribution in [0.5, 0.6) is 23.0 Å². The molecule has 0 aliphatic carbocycles. The summed E-state index contributed by atoms with van der Waals surface area (Å²) >= 11 is 0. The van der Waals surface area contributed by atoms with Crippen molar-refractivity contribution in [2.24, 2.45) is 0 Å². The minimum atomic E-state index is -0.273. The third kappa shape index (κ3) is 4.76. The average molecular weight is 580 g/mol. The fraction of sp³-hybridized carbons (Fsp3) is 0.361. The van der Waals surface area contributed by atoms with Crippen molar-refractivity contribution in [3.05, 3.63) is 94.0 Å². The third-order valence-corrected chi connectivity index (χ3v) is 9.31. The first-order chi connectivity index (χ1) is 21.1. The molecule has 0 saturated carbocycles. The van der Waals surface area contributed by atoms with Crippen molar-refractivity contribution in [3.63, 3.8) is 0 Å². The number of aryl methyl sites for hydroxylation is 1. The monoisotopic (exact) mass is 579 g/mol. The van der Waals surface area contributed by atoms with Crippen molar-refractivity contribution in [1.29, 1.82) is 0 Å². The minimum absolute atomic E-state index is 0.229. The number of benzene rings is 4. The van der Waals surface area contributed by atoms with Gasteiger partial charge in [-0.05, 0) is 89.9 Å². The average Bonchev–Trinajstić information content (AvgIpc) is 3.50. The van der Waals surface area contributed by atoms with Gasteiger partial charge in [0.1, 0.15) is 0 Å². The number of ether oxygens (including phenoxy) is 5. The molecule has 7 heteroatoms. The lowest BCUT2D eigenvalue weighted by Crippen LogP contribution is -2.42. The van der Waals surface area contributed by atoms with Gasteiger partial charge in [-0.2, -0.15) is 0 Å². The number of hydrogen-bond acceptors (Lipinski definition) is 7. The van der Waals surface area contributed by atoms with Gasteiger partial charge in [0.05, 0.1) is 26.4 Å². The molecule has 0 N–H and O–H groups in total. The van der Waals surface area contributed by atoms with Gasteiger partial charge in [-0.15, -0.1) is 0 Å². The number of rotatable bonds is 8. The maximum absolute atomic E-state index is 12.6. The van der Waals surface area contributed by atoms with Crippen LogP contribution in [0.25, 0.3) is 10.8 Å². The molecule has 222 valence electrons. The van der Waals surface area contributed by atoms with Gasteiger partial charge in [0.25, 0.3) is 0 Å². The smallest absolute Gasteiger partial charge is 0.338 e. The Balaban J connectivity index is 1.24. The zero-order valence-electron chi connectivity index (χ0n) is 25.0. The zero-order chi connectivity index (χ0) is 29.5. The molecule has 0 radical (unpaired) electrons. The molecule has 0 spiro atoms. The topological polar surface area (TPSA) is 66.5 Å². The second kappa shape index (κ2) is 11.5. The first kappa shape index (κ1) is 27.6. The molecule has 3 aliphatic rings. The largest absolute Gasteiger partial charge is 0.493 e. The predicted octanol–water partition coefficient (Wildman–Crippen LogP) is 6.98. The first-order valence-electron chi connectivity index (χ1n) is 15.2. The lowest BCUT2D eigenvalue weighted by atomic mass is 9.74. The van der Waals surface area contributed by atoms with E-state index in [4.69, 9.17) is 23.7 Å². The van der Waals surface area contributed by atoms with Crippen molar-refractivity contribution < 1.29 is 28.5 Å². The standard InChI is InChI=1S/C36H37NO6/c1-4-41-36(38)28-13-12-22(24-9-5-6-10-25(24)28)8-7-11-27-26-14-15-31(39-2)35(40-3)30(26)20-37-17-16-23-18-32-33(43-21-42-32)19-29(23)34(27)37/h5-6,9-10,12-15,18-19,27,34H,4,7-8,11,16-17,20-21H2,1-3H3. The van der Waals surface area contributed by atoms with E-state index in [0.717, 1.165) is 72.5 Å². The molecule has 0 bridgehead atoms. The van der Waals surface area contributed by atoms with Crippen molar-refractivity contribution in [1.82, 2.24) is 4.90 Å². The van der Waals surface area contributed by atoms with Crippen LogP contribution in [-0.2, 0) is 24.1 Å². The molecule has 3 heterocycles. The lowest BCUT2D eigenvalue weighted by molar-refractivity contribution is 0.0528. The van der Waals surface area contributed by atoms with E-state index >= 15 is 0 Å². The molecule has 43 heavy (non-hydrogen) atoms. The highest BCUT2D eigenvalue weighted by atomic mass is 16.7. The number of methoxy groups -OCH3 is 2. The zero-order valence-corrected chi connectivity index (χ0v) is 25.0. The number of carbonyl (C=O) groups excluding carboxylic acids is 1. The highest BCUT2D eigenvalue weighted by molar-refractivity contribution is 6.05. The molecule has 0 aromatic heterocycles. The van der Waals surface area contributed by atoms with Crippen LogP contribution in [0.1, 0.15) is 69.9 Å². The van der Waals surface area contributed by atoms with Crippen molar-refractivity contribution >= 4 is 16.7 Å². The van der Waals surface area contributed by atoms with Crippen LogP contribution in [0.4, 0.5) is 0 Å². The number of nitrogens with zero attached hydrogens (tertiary/aromatic N) is 1. The van der Waals surface area contributed by atoms with Gasteiger partial charge >= 0.3 is 5.97 Å². The van der Waals surface area contributed by atoms with Crippen molar-refractivity contribution in [3.8, 4) is 23.0 Å². The van der Waals surface area contributed by atoms with Crippen molar-refractivity contribution in [2.75, 3.05) is 34.2 Å². The second-order valence-corrected chi connectivity index (χ2v) is 11.5. The number of carbonyl (C=O) groups is 1.